The molecule has 0 bridgehead atoms. The van der Waals surface area contributed by atoms with Crippen molar-refractivity contribution in [2.24, 2.45) is 0 Å². The van der Waals surface area contributed by atoms with Gasteiger partial charge in [0.05, 0.1) is 46.8 Å². The van der Waals surface area contributed by atoms with Crippen LogP contribution in [0.1, 0.15) is 48.2 Å². The highest BCUT2D eigenvalue weighted by molar-refractivity contribution is 8.03. The number of allylic oxidation sites excluding steroid dienone is 3. The van der Waals surface area contributed by atoms with Gasteiger partial charge >= 0.3 is 5.97 Å². The monoisotopic (exact) mass is 477 g/mol. The molecule has 1 aliphatic carbocycles. The molecule has 9 heteroatoms. The Labute approximate surface area is 201 Å². The summed E-state index contributed by atoms with van der Waals surface area (Å²) >= 11 is 1.20. The first kappa shape index (κ1) is 23.4. The molecular formula is C25H23N3O5S. The highest BCUT2D eigenvalue weighted by Gasteiger charge is 2.38. The van der Waals surface area contributed by atoms with E-state index < -0.39 is 11.9 Å². The van der Waals surface area contributed by atoms with Crippen molar-refractivity contribution in [1.82, 2.24) is 5.32 Å². The first-order valence-corrected chi connectivity index (χ1v) is 11.9. The minimum absolute atomic E-state index is 0.0101. The Morgan fingerprint density at radius 1 is 1.26 bits per heavy atom. The summed E-state index contributed by atoms with van der Waals surface area (Å²) in [7, 11) is 0. The molecule has 1 atom stereocenters. The van der Waals surface area contributed by atoms with Crippen LogP contribution in [0, 0.1) is 11.3 Å². The smallest absolute Gasteiger partial charge is 0.338 e. The van der Waals surface area contributed by atoms with Gasteiger partial charge in [0.1, 0.15) is 5.76 Å². The molecule has 0 radical (unpaired) electrons. The van der Waals surface area contributed by atoms with E-state index in [4.69, 9.17) is 9.15 Å². The number of hydrogen-bond donors (Lipinski definition) is 2. The van der Waals surface area contributed by atoms with Crippen LogP contribution in [0.25, 0.3) is 0 Å². The van der Waals surface area contributed by atoms with Crippen molar-refractivity contribution >= 4 is 35.1 Å². The van der Waals surface area contributed by atoms with E-state index in [0.717, 1.165) is 12.1 Å². The summed E-state index contributed by atoms with van der Waals surface area (Å²) in [6.07, 6.45) is 3.39. The number of Topliss-reactive ketones (excluding diaryl/α,β-unsaturated/α-hetero) is 1. The number of hydrogen-bond acceptors (Lipinski definition) is 8. The van der Waals surface area contributed by atoms with Crippen molar-refractivity contribution in [1.29, 1.82) is 5.26 Å². The number of carbonyl (C=O) groups excluding carboxylic acids is 3. The fourth-order valence-corrected chi connectivity index (χ4v) is 4.88. The quantitative estimate of drug-likeness (QED) is 0.568. The van der Waals surface area contributed by atoms with Gasteiger partial charge in [-0.15, -0.1) is 0 Å². The number of rotatable bonds is 7. The summed E-state index contributed by atoms with van der Waals surface area (Å²) < 4.78 is 10.5. The zero-order valence-corrected chi connectivity index (χ0v) is 19.4. The number of ketones is 1. The SMILES string of the molecule is CCOC(=O)c1ccc(NC(=O)CSC2=C(C#N)[C@H](c3ccco3)C3=C(CCCC3=O)N2)cc1. The van der Waals surface area contributed by atoms with E-state index in [2.05, 4.69) is 16.7 Å². The molecule has 1 aromatic heterocycles. The van der Waals surface area contributed by atoms with E-state index in [0.29, 0.717) is 46.0 Å². The minimum Gasteiger partial charge on any atom is -0.468 e. The maximum Gasteiger partial charge on any atom is 0.338 e. The summed E-state index contributed by atoms with van der Waals surface area (Å²) in [6.45, 7) is 2.02. The van der Waals surface area contributed by atoms with Crippen LogP contribution in [0.5, 0.6) is 0 Å². The molecule has 174 valence electrons. The number of anilines is 1. The third-order valence-corrected chi connectivity index (χ3v) is 6.54. The Bertz CT molecular complexity index is 1210. The number of amides is 1. The van der Waals surface area contributed by atoms with Crippen LogP contribution >= 0.6 is 11.8 Å². The molecular weight excluding hydrogens is 454 g/mol. The van der Waals surface area contributed by atoms with Crippen molar-refractivity contribution in [2.45, 2.75) is 32.1 Å². The summed E-state index contributed by atoms with van der Waals surface area (Å²) in [5.74, 6) is -0.675. The van der Waals surface area contributed by atoms with Crippen LogP contribution in [0.3, 0.4) is 0 Å². The molecule has 0 unspecified atom stereocenters. The molecule has 0 saturated carbocycles. The lowest BCUT2D eigenvalue weighted by Gasteiger charge is -2.32. The van der Waals surface area contributed by atoms with Crippen LogP contribution in [-0.4, -0.2) is 30.0 Å². The molecule has 34 heavy (non-hydrogen) atoms. The molecule has 2 aromatic rings. The molecule has 1 amide bonds. The first-order valence-electron chi connectivity index (χ1n) is 10.9. The maximum atomic E-state index is 12.7. The van der Waals surface area contributed by atoms with Gasteiger partial charge in [0.25, 0.3) is 0 Å². The van der Waals surface area contributed by atoms with Crippen LogP contribution in [0.2, 0.25) is 0 Å². The predicted molar refractivity (Wildman–Crippen MR) is 127 cm³/mol. The largest absolute Gasteiger partial charge is 0.468 e. The third-order valence-electron chi connectivity index (χ3n) is 5.52. The second-order valence-corrected chi connectivity index (χ2v) is 8.72. The second kappa shape index (κ2) is 10.4. The zero-order valence-electron chi connectivity index (χ0n) is 18.6. The molecule has 0 fully saturated rings. The second-order valence-electron chi connectivity index (χ2n) is 7.73. The number of nitrogens with zero attached hydrogens (tertiary/aromatic N) is 1. The van der Waals surface area contributed by atoms with Gasteiger partial charge < -0.3 is 19.8 Å². The topological polar surface area (TPSA) is 121 Å². The Hall–Kier alpha value is -3.77. The molecule has 8 nitrogen and oxygen atoms in total. The fourth-order valence-electron chi connectivity index (χ4n) is 4.02. The molecule has 1 aliphatic heterocycles. The van der Waals surface area contributed by atoms with Gasteiger partial charge in [-0.2, -0.15) is 5.26 Å². The van der Waals surface area contributed by atoms with Crippen molar-refractivity contribution in [3.05, 3.63) is 75.9 Å². The van der Waals surface area contributed by atoms with Crippen molar-refractivity contribution in [3.8, 4) is 6.07 Å². The average Bonchev–Trinajstić information content (AvgIpc) is 3.37. The molecule has 2 aliphatic rings. The Morgan fingerprint density at radius 3 is 2.74 bits per heavy atom. The summed E-state index contributed by atoms with van der Waals surface area (Å²) in [6, 6.07) is 12.1. The molecule has 2 heterocycles. The number of dihydropyridines is 1. The highest BCUT2D eigenvalue weighted by Crippen LogP contribution is 2.44. The Balaban J connectivity index is 1.48. The fraction of sp³-hybridized carbons (Fsp3) is 0.280. The van der Waals surface area contributed by atoms with Crippen LogP contribution in [-0.2, 0) is 14.3 Å². The number of nitrogens with one attached hydrogen (secondary N) is 2. The van der Waals surface area contributed by atoms with Gasteiger partial charge in [-0.3, -0.25) is 9.59 Å². The molecule has 4 rings (SSSR count). The normalized spacial score (nSPS) is 17.5. The third kappa shape index (κ3) is 4.92. The maximum absolute atomic E-state index is 12.7. The zero-order chi connectivity index (χ0) is 24.1. The van der Waals surface area contributed by atoms with Crippen LogP contribution in [0.4, 0.5) is 5.69 Å². The number of benzene rings is 1. The van der Waals surface area contributed by atoms with Crippen LogP contribution < -0.4 is 10.6 Å². The highest BCUT2D eigenvalue weighted by atomic mass is 32.2. The number of nitriles is 1. The van der Waals surface area contributed by atoms with Gasteiger partial charge in [0.15, 0.2) is 5.78 Å². The molecule has 0 saturated heterocycles. The van der Waals surface area contributed by atoms with Gasteiger partial charge in [0.2, 0.25) is 5.91 Å². The lowest BCUT2D eigenvalue weighted by Crippen LogP contribution is -2.31. The van der Waals surface area contributed by atoms with Crippen molar-refractivity contribution in [2.75, 3.05) is 17.7 Å². The van der Waals surface area contributed by atoms with E-state index in [1.54, 1.807) is 43.3 Å². The molecule has 1 aromatic carbocycles. The standard InChI is InChI=1S/C25H23N3O5S/c1-2-32-25(31)15-8-10-16(11-9-15)27-21(30)14-34-24-17(13-26)22(20-7-4-12-33-20)23-18(28-24)5-3-6-19(23)29/h4,7-12,22,28H,2-3,5-6,14H2,1H3,(H,27,30)/t22-/m1/s1. The van der Waals surface area contributed by atoms with Crippen LogP contribution in [0.15, 0.2) is 69.0 Å². The Morgan fingerprint density at radius 2 is 2.06 bits per heavy atom. The molecule has 0 spiro atoms. The number of esters is 1. The van der Waals surface area contributed by atoms with Gasteiger partial charge in [-0.1, -0.05) is 11.8 Å². The lowest BCUT2D eigenvalue weighted by molar-refractivity contribution is -0.116. The summed E-state index contributed by atoms with van der Waals surface area (Å²) in [5, 5.41) is 16.5. The average molecular weight is 478 g/mol. The van der Waals surface area contributed by atoms with E-state index in [1.807, 2.05) is 0 Å². The van der Waals surface area contributed by atoms with Gasteiger partial charge in [-0.25, -0.2) is 4.79 Å². The summed E-state index contributed by atoms with van der Waals surface area (Å²) in [5.41, 5.74) is 2.67. The van der Waals surface area contributed by atoms with E-state index in [9.17, 15) is 19.6 Å². The number of ether oxygens (including phenoxy) is 1. The Kier molecular flexibility index (Phi) is 7.18. The number of thioether (sulfide) groups is 1. The lowest BCUT2D eigenvalue weighted by atomic mass is 9.79. The van der Waals surface area contributed by atoms with E-state index in [1.165, 1.54) is 18.0 Å². The minimum atomic E-state index is -0.579. The first-order chi connectivity index (χ1) is 16.5. The number of carbonyl (C=O) groups is 3. The van der Waals surface area contributed by atoms with E-state index in [-0.39, 0.29) is 24.1 Å². The van der Waals surface area contributed by atoms with Crippen molar-refractivity contribution in [3.63, 3.8) is 0 Å². The van der Waals surface area contributed by atoms with Gasteiger partial charge in [0, 0.05) is 23.4 Å². The number of furan rings is 1. The molecule has 2 N–H and O–H groups in total. The predicted octanol–water partition coefficient (Wildman–Crippen LogP) is 4.26. The van der Waals surface area contributed by atoms with Crippen molar-refractivity contribution < 1.29 is 23.5 Å². The van der Waals surface area contributed by atoms with E-state index >= 15 is 0 Å². The van der Waals surface area contributed by atoms with Gasteiger partial charge in [-0.05, 0) is 56.2 Å². The summed E-state index contributed by atoms with van der Waals surface area (Å²) in [4.78, 5) is 37.0.